The van der Waals surface area contributed by atoms with Crippen molar-refractivity contribution in [3.63, 3.8) is 0 Å². The second-order valence-corrected chi connectivity index (χ2v) is 7.12. The molecule has 1 aromatic heterocycles. The third kappa shape index (κ3) is 2.86. The molecular weight excluding hydrogens is 302 g/mol. The second-order valence-electron chi connectivity index (χ2n) is 7.12. The van der Waals surface area contributed by atoms with E-state index in [2.05, 4.69) is 44.8 Å². The Hall–Kier alpha value is -2.08. The third-order valence-corrected chi connectivity index (χ3v) is 4.78. The summed E-state index contributed by atoms with van der Waals surface area (Å²) in [5, 5.41) is 0. The van der Waals surface area contributed by atoms with Crippen molar-refractivity contribution in [2.45, 2.75) is 32.4 Å². The van der Waals surface area contributed by atoms with Crippen LogP contribution in [0.25, 0.3) is 11.0 Å². The standard InChI is InChI=1S/C18H27N5O/c1-13(2)22-12-14(10-11-20(3)4)21(5)17-19-15-8-6-7-9-16(15)23(17)18(22)24/h6-9,13-14H,10-12H2,1-5H3. The summed E-state index contributed by atoms with van der Waals surface area (Å²) in [6, 6.07) is 8.27. The van der Waals surface area contributed by atoms with Gasteiger partial charge < -0.3 is 14.7 Å². The predicted molar refractivity (Wildman–Crippen MR) is 97.7 cm³/mol. The summed E-state index contributed by atoms with van der Waals surface area (Å²) in [4.78, 5) is 24.3. The zero-order valence-electron chi connectivity index (χ0n) is 15.2. The van der Waals surface area contributed by atoms with Gasteiger partial charge in [-0.2, -0.15) is 0 Å². The first kappa shape index (κ1) is 16.8. The van der Waals surface area contributed by atoms with Gasteiger partial charge in [0.15, 0.2) is 0 Å². The highest BCUT2D eigenvalue weighted by Crippen LogP contribution is 2.28. The largest absolute Gasteiger partial charge is 0.340 e. The van der Waals surface area contributed by atoms with E-state index >= 15 is 0 Å². The Morgan fingerprint density at radius 2 is 2.00 bits per heavy atom. The average molecular weight is 329 g/mol. The second kappa shape index (κ2) is 6.43. The topological polar surface area (TPSA) is 44.6 Å². The lowest BCUT2D eigenvalue weighted by atomic mass is 10.1. The van der Waals surface area contributed by atoms with Crippen LogP contribution in [0.2, 0.25) is 0 Å². The van der Waals surface area contributed by atoms with Crippen LogP contribution in [-0.2, 0) is 0 Å². The number of hydrogen-bond donors (Lipinski definition) is 0. The molecule has 1 unspecified atom stereocenters. The summed E-state index contributed by atoms with van der Waals surface area (Å²) < 4.78 is 1.77. The predicted octanol–water partition coefficient (Wildman–Crippen LogP) is 2.48. The lowest BCUT2D eigenvalue weighted by Crippen LogP contribution is -2.45. The number of fused-ring (bicyclic) bond motifs is 3. The molecule has 2 aromatic rings. The van der Waals surface area contributed by atoms with Gasteiger partial charge in [0.2, 0.25) is 5.95 Å². The van der Waals surface area contributed by atoms with Gasteiger partial charge in [-0.1, -0.05) is 12.1 Å². The first-order chi connectivity index (χ1) is 11.4. The van der Waals surface area contributed by atoms with Crippen LogP contribution < -0.4 is 4.90 Å². The molecule has 1 aliphatic rings. The van der Waals surface area contributed by atoms with Gasteiger partial charge in [-0.05, 0) is 53.0 Å². The maximum atomic E-state index is 13.2. The van der Waals surface area contributed by atoms with E-state index in [9.17, 15) is 4.79 Å². The molecule has 0 saturated carbocycles. The van der Waals surface area contributed by atoms with Crippen molar-refractivity contribution < 1.29 is 4.79 Å². The minimum absolute atomic E-state index is 0.0212. The number of hydrogen-bond acceptors (Lipinski definition) is 4. The van der Waals surface area contributed by atoms with Crippen LogP contribution in [0.5, 0.6) is 0 Å². The van der Waals surface area contributed by atoms with Crippen molar-refractivity contribution in [2.75, 3.05) is 39.1 Å². The van der Waals surface area contributed by atoms with Crippen LogP contribution in [0.4, 0.5) is 10.7 Å². The molecule has 0 aliphatic carbocycles. The van der Waals surface area contributed by atoms with Gasteiger partial charge in [-0.25, -0.2) is 14.3 Å². The monoisotopic (exact) mass is 329 g/mol. The molecule has 6 heteroatoms. The van der Waals surface area contributed by atoms with Crippen LogP contribution >= 0.6 is 0 Å². The van der Waals surface area contributed by atoms with Crippen LogP contribution in [-0.4, -0.2) is 71.7 Å². The van der Waals surface area contributed by atoms with Crippen LogP contribution in [0, 0.1) is 0 Å². The van der Waals surface area contributed by atoms with Gasteiger partial charge in [0.05, 0.1) is 17.1 Å². The fourth-order valence-corrected chi connectivity index (χ4v) is 3.28. The van der Waals surface area contributed by atoms with Gasteiger partial charge in [0, 0.05) is 19.6 Å². The zero-order valence-corrected chi connectivity index (χ0v) is 15.2. The number of imidazole rings is 1. The highest BCUT2D eigenvalue weighted by molar-refractivity contribution is 5.93. The lowest BCUT2D eigenvalue weighted by Gasteiger charge is -2.31. The summed E-state index contributed by atoms with van der Waals surface area (Å²) >= 11 is 0. The molecule has 2 heterocycles. The van der Waals surface area contributed by atoms with Crippen molar-refractivity contribution in [2.24, 2.45) is 0 Å². The number of carbonyl (C=O) groups is 1. The number of anilines is 1. The van der Waals surface area contributed by atoms with E-state index in [-0.39, 0.29) is 18.1 Å². The van der Waals surface area contributed by atoms with Crippen LogP contribution in [0.15, 0.2) is 24.3 Å². The Morgan fingerprint density at radius 3 is 2.67 bits per heavy atom. The van der Waals surface area contributed by atoms with Gasteiger partial charge in [0.25, 0.3) is 0 Å². The van der Waals surface area contributed by atoms with Crippen molar-refractivity contribution in [1.29, 1.82) is 0 Å². The van der Waals surface area contributed by atoms with Gasteiger partial charge >= 0.3 is 6.03 Å². The molecule has 1 amide bonds. The van der Waals surface area contributed by atoms with E-state index in [1.54, 1.807) is 4.57 Å². The molecule has 1 aliphatic heterocycles. The number of rotatable bonds is 4. The van der Waals surface area contributed by atoms with Crippen LogP contribution in [0.3, 0.4) is 0 Å². The van der Waals surface area contributed by atoms with Gasteiger partial charge in [0.1, 0.15) is 0 Å². The molecule has 3 rings (SSSR count). The number of nitrogens with zero attached hydrogens (tertiary/aromatic N) is 5. The summed E-state index contributed by atoms with van der Waals surface area (Å²) in [5.41, 5.74) is 1.74. The number of carbonyl (C=O) groups excluding carboxylic acids is 1. The number of amides is 1. The molecule has 1 atom stereocenters. The lowest BCUT2D eigenvalue weighted by molar-refractivity contribution is 0.183. The number of likely N-dealkylation sites (N-methyl/N-ethyl adjacent to an activating group) is 1. The summed E-state index contributed by atoms with van der Waals surface area (Å²) in [7, 11) is 6.21. The molecule has 0 N–H and O–H groups in total. The maximum absolute atomic E-state index is 13.2. The Morgan fingerprint density at radius 1 is 1.29 bits per heavy atom. The summed E-state index contributed by atoms with van der Waals surface area (Å²) in [5.74, 6) is 0.744. The Bertz CT molecular complexity index is 736. The molecule has 0 bridgehead atoms. The molecule has 24 heavy (non-hydrogen) atoms. The Kier molecular flexibility index (Phi) is 4.49. The number of benzene rings is 1. The average Bonchev–Trinajstić information content (AvgIpc) is 2.88. The molecule has 6 nitrogen and oxygen atoms in total. The van der Waals surface area contributed by atoms with Crippen molar-refractivity contribution >= 4 is 23.0 Å². The number of aromatic nitrogens is 2. The minimum atomic E-state index is 0.0212. The van der Waals surface area contributed by atoms with Gasteiger partial charge in [-0.15, -0.1) is 0 Å². The first-order valence-electron chi connectivity index (χ1n) is 8.56. The fourth-order valence-electron chi connectivity index (χ4n) is 3.28. The molecular formula is C18H27N5O. The molecule has 130 valence electrons. The molecule has 1 aromatic carbocycles. The van der Waals surface area contributed by atoms with E-state index in [4.69, 9.17) is 4.98 Å². The molecule has 0 spiro atoms. The smallest absolute Gasteiger partial charge is 0.331 e. The molecule has 0 fully saturated rings. The fraction of sp³-hybridized carbons (Fsp3) is 0.556. The van der Waals surface area contributed by atoms with Crippen molar-refractivity contribution in [1.82, 2.24) is 19.4 Å². The van der Waals surface area contributed by atoms with E-state index in [1.807, 2.05) is 29.2 Å². The van der Waals surface area contributed by atoms with E-state index in [0.29, 0.717) is 0 Å². The van der Waals surface area contributed by atoms with Crippen molar-refractivity contribution in [3.05, 3.63) is 24.3 Å². The van der Waals surface area contributed by atoms with Crippen molar-refractivity contribution in [3.8, 4) is 0 Å². The maximum Gasteiger partial charge on any atom is 0.331 e. The zero-order chi connectivity index (χ0) is 17.4. The van der Waals surface area contributed by atoms with E-state index in [1.165, 1.54) is 0 Å². The minimum Gasteiger partial charge on any atom is -0.340 e. The Labute approximate surface area is 143 Å². The van der Waals surface area contributed by atoms with Crippen LogP contribution in [0.1, 0.15) is 20.3 Å². The summed E-state index contributed by atoms with van der Waals surface area (Å²) in [6.45, 7) is 5.85. The third-order valence-electron chi connectivity index (χ3n) is 4.78. The molecule has 0 saturated heterocycles. The Balaban J connectivity index is 2.09. The van der Waals surface area contributed by atoms with Gasteiger partial charge in [-0.3, -0.25) is 0 Å². The number of para-hydroxylation sites is 2. The summed E-state index contributed by atoms with van der Waals surface area (Å²) in [6.07, 6.45) is 0.989. The normalized spacial score (nSPS) is 18.6. The highest BCUT2D eigenvalue weighted by Gasteiger charge is 2.34. The van der Waals surface area contributed by atoms with E-state index in [0.717, 1.165) is 36.5 Å². The highest BCUT2D eigenvalue weighted by atomic mass is 16.2. The van der Waals surface area contributed by atoms with E-state index < -0.39 is 0 Å². The molecule has 0 radical (unpaired) electrons. The first-order valence-corrected chi connectivity index (χ1v) is 8.56. The SMILES string of the molecule is CC(C)N1CC(CCN(C)C)N(C)c2nc3ccccc3n2C1=O. The quantitative estimate of drug-likeness (QED) is 0.864.